The summed E-state index contributed by atoms with van der Waals surface area (Å²) in [6.07, 6.45) is 1.24. The molecule has 18 heavy (non-hydrogen) atoms. The fourth-order valence-corrected chi connectivity index (χ4v) is 2.51. The number of rotatable bonds is 3. The van der Waals surface area contributed by atoms with Gasteiger partial charge in [0.1, 0.15) is 5.75 Å². The minimum Gasteiger partial charge on any atom is -0.497 e. The van der Waals surface area contributed by atoms with Gasteiger partial charge in [-0.15, -0.1) is 0 Å². The molecule has 0 amide bonds. The van der Waals surface area contributed by atoms with Gasteiger partial charge in [-0.2, -0.15) is 0 Å². The second-order valence-corrected chi connectivity index (χ2v) is 5.25. The molecule has 100 valence electrons. The Kier molecular flexibility index (Phi) is 5.02. The van der Waals surface area contributed by atoms with Crippen molar-refractivity contribution < 1.29 is 4.74 Å². The Morgan fingerprint density at radius 3 is 2.83 bits per heavy atom. The molecule has 2 rings (SSSR count). The van der Waals surface area contributed by atoms with Crippen molar-refractivity contribution in [2.24, 2.45) is 5.92 Å². The van der Waals surface area contributed by atoms with E-state index in [2.05, 4.69) is 29.3 Å². The van der Waals surface area contributed by atoms with E-state index in [0.29, 0.717) is 0 Å². The zero-order valence-electron chi connectivity index (χ0n) is 11.5. The molecule has 3 heteroatoms. The molecule has 1 fully saturated rings. The quantitative estimate of drug-likeness (QED) is 0.887. The lowest BCUT2D eigenvalue weighted by Gasteiger charge is -2.28. The molecule has 1 unspecified atom stereocenters. The third-order valence-corrected chi connectivity index (χ3v) is 3.46. The first-order valence-electron chi connectivity index (χ1n) is 6.84. The summed E-state index contributed by atoms with van der Waals surface area (Å²) < 4.78 is 5.19. The van der Waals surface area contributed by atoms with Crippen LogP contribution in [0.2, 0.25) is 0 Å². The predicted octanol–water partition coefficient (Wildman–Crippen LogP) is 2.13. The second-order valence-electron chi connectivity index (χ2n) is 5.25. The summed E-state index contributed by atoms with van der Waals surface area (Å²) in [6, 6.07) is 8.43. The molecule has 1 saturated heterocycles. The van der Waals surface area contributed by atoms with Crippen LogP contribution in [0.1, 0.15) is 18.9 Å². The first-order chi connectivity index (χ1) is 8.78. The average Bonchev–Trinajstić information content (AvgIpc) is 2.36. The Hall–Kier alpha value is -1.06. The van der Waals surface area contributed by atoms with Crippen LogP contribution in [0.3, 0.4) is 0 Å². The number of methoxy groups -OCH3 is 1. The number of hydrogen-bond acceptors (Lipinski definition) is 3. The van der Waals surface area contributed by atoms with Gasteiger partial charge in [0, 0.05) is 13.1 Å². The van der Waals surface area contributed by atoms with Crippen molar-refractivity contribution in [3.63, 3.8) is 0 Å². The number of ether oxygens (including phenoxy) is 1. The minimum atomic E-state index is 0.726. The third kappa shape index (κ3) is 4.00. The summed E-state index contributed by atoms with van der Waals surface area (Å²) in [6.45, 7) is 8.01. The maximum Gasteiger partial charge on any atom is 0.118 e. The fraction of sp³-hybridized carbons (Fsp3) is 0.600. The van der Waals surface area contributed by atoms with Crippen molar-refractivity contribution in [3.05, 3.63) is 29.8 Å². The SMILES string of the molecule is COc1ccc(CN2CCCNCC(C)C2)cc1. The molecule has 1 aromatic rings. The molecule has 1 aliphatic rings. The van der Waals surface area contributed by atoms with Crippen molar-refractivity contribution in [2.75, 3.05) is 33.3 Å². The normalized spacial score (nSPS) is 22.2. The molecule has 0 bridgehead atoms. The van der Waals surface area contributed by atoms with Gasteiger partial charge in [-0.1, -0.05) is 19.1 Å². The molecule has 0 aliphatic carbocycles. The Balaban J connectivity index is 1.93. The van der Waals surface area contributed by atoms with Crippen LogP contribution in [0.4, 0.5) is 0 Å². The highest BCUT2D eigenvalue weighted by Gasteiger charge is 2.13. The topological polar surface area (TPSA) is 24.5 Å². The van der Waals surface area contributed by atoms with Gasteiger partial charge in [0.15, 0.2) is 0 Å². The minimum absolute atomic E-state index is 0.726. The molecule has 3 nitrogen and oxygen atoms in total. The lowest BCUT2D eigenvalue weighted by molar-refractivity contribution is 0.209. The highest BCUT2D eigenvalue weighted by molar-refractivity contribution is 5.27. The molecular formula is C15H24N2O. The second kappa shape index (κ2) is 6.76. The number of benzene rings is 1. The molecule has 1 heterocycles. The first kappa shape index (κ1) is 13.4. The van der Waals surface area contributed by atoms with Gasteiger partial charge in [0.05, 0.1) is 7.11 Å². The summed E-state index contributed by atoms with van der Waals surface area (Å²) in [5.41, 5.74) is 1.37. The van der Waals surface area contributed by atoms with Gasteiger partial charge in [0.25, 0.3) is 0 Å². The van der Waals surface area contributed by atoms with Crippen LogP contribution in [0.25, 0.3) is 0 Å². The molecule has 0 radical (unpaired) electrons. The Morgan fingerprint density at radius 2 is 2.11 bits per heavy atom. The Morgan fingerprint density at radius 1 is 1.33 bits per heavy atom. The van der Waals surface area contributed by atoms with Crippen LogP contribution in [-0.2, 0) is 6.54 Å². The van der Waals surface area contributed by atoms with Gasteiger partial charge in [0.2, 0.25) is 0 Å². The monoisotopic (exact) mass is 248 g/mol. The van der Waals surface area contributed by atoms with Crippen molar-refractivity contribution in [1.29, 1.82) is 0 Å². The fourth-order valence-electron chi connectivity index (χ4n) is 2.51. The molecule has 0 spiro atoms. The number of hydrogen-bond donors (Lipinski definition) is 1. The Bertz CT molecular complexity index is 350. The Labute approximate surface area is 110 Å². The summed E-state index contributed by atoms with van der Waals surface area (Å²) >= 11 is 0. The summed E-state index contributed by atoms with van der Waals surface area (Å²) in [4.78, 5) is 2.56. The van der Waals surface area contributed by atoms with E-state index in [0.717, 1.165) is 31.3 Å². The van der Waals surface area contributed by atoms with E-state index < -0.39 is 0 Å². The van der Waals surface area contributed by atoms with E-state index in [1.54, 1.807) is 7.11 Å². The number of nitrogens with one attached hydrogen (secondary N) is 1. The van der Waals surface area contributed by atoms with Crippen molar-refractivity contribution >= 4 is 0 Å². The lowest BCUT2D eigenvalue weighted by atomic mass is 10.1. The number of nitrogens with zero attached hydrogens (tertiary/aromatic N) is 1. The summed E-state index contributed by atoms with van der Waals surface area (Å²) in [5, 5.41) is 3.49. The molecule has 1 aromatic carbocycles. The van der Waals surface area contributed by atoms with Crippen LogP contribution in [0.5, 0.6) is 5.75 Å². The lowest BCUT2D eigenvalue weighted by Crippen LogP contribution is -2.38. The predicted molar refractivity (Wildman–Crippen MR) is 74.9 cm³/mol. The first-order valence-corrected chi connectivity index (χ1v) is 6.84. The molecule has 1 aliphatic heterocycles. The maximum absolute atomic E-state index is 5.19. The van der Waals surface area contributed by atoms with Crippen LogP contribution >= 0.6 is 0 Å². The van der Waals surface area contributed by atoms with Gasteiger partial charge in [-0.05, 0) is 49.7 Å². The van der Waals surface area contributed by atoms with Crippen LogP contribution < -0.4 is 10.1 Å². The van der Waals surface area contributed by atoms with Gasteiger partial charge in [-0.3, -0.25) is 4.90 Å². The van der Waals surface area contributed by atoms with Crippen molar-refractivity contribution in [2.45, 2.75) is 19.9 Å². The van der Waals surface area contributed by atoms with E-state index in [4.69, 9.17) is 4.74 Å². The highest BCUT2D eigenvalue weighted by Crippen LogP contribution is 2.14. The van der Waals surface area contributed by atoms with E-state index in [-0.39, 0.29) is 0 Å². The van der Waals surface area contributed by atoms with E-state index in [9.17, 15) is 0 Å². The van der Waals surface area contributed by atoms with Crippen molar-refractivity contribution in [1.82, 2.24) is 10.2 Å². The van der Waals surface area contributed by atoms with E-state index in [1.165, 1.54) is 25.1 Å². The van der Waals surface area contributed by atoms with E-state index in [1.807, 2.05) is 12.1 Å². The molecule has 0 saturated carbocycles. The van der Waals surface area contributed by atoms with Crippen LogP contribution in [-0.4, -0.2) is 38.2 Å². The molecular weight excluding hydrogens is 224 g/mol. The third-order valence-electron chi connectivity index (χ3n) is 3.46. The van der Waals surface area contributed by atoms with Gasteiger partial charge >= 0.3 is 0 Å². The summed E-state index contributed by atoms with van der Waals surface area (Å²) in [7, 11) is 1.71. The van der Waals surface area contributed by atoms with Gasteiger partial charge < -0.3 is 10.1 Å². The maximum atomic E-state index is 5.19. The van der Waals surface area contributed by atoms with Crippen LogP contribution in [0, 0.1) is 5.92 Å². The smallest absolute Gasteiger partial charge is 0.118 e. The standard InChI is InChI=1S/C15H24N2O/c1-13-10-16-8-3-9-17(11-13)12-14-4-6-15(18-2)7-5-14/h4-7,13,16H,3,8-12H2,1-2H3. The van der Waals surface area contributed by atoms with Crippen LogP contribution in [0.15, 0.2) is 24.3 Å². The highest BCUT2D eigenvalue weighted by atomic mass is 16.5. The molecule has 1 atom stereocenters. The van der Waals surface area contributed by atoms with Gasteiger partial charge in [-0.25, -0.2) is 0 Å². The average molecular weight is 248 g/mol. The van der Waals surface area contributed by atoms with E-state index >= 15 is 0 Å². The molecule has 1 N–H and O–H groups in total. The molecule has 0 aromatic heterocycles. The van der Waals surface area contributed by atoms with Crippen molar-refractivity contribution in [3.8, 4) is 5.75 Å². The zero-order chi connectivity index (χ0) is 12.8. The zero-order valence-corrected chi connectivity index (χ0v) is 11.5. The summed E-state index contributed by atoms with van der Waals surface area (Å²) in [5.74, 6) is 1.66. The largest absolute Gasteiger partial charge is 0.497 e.